The van der Waals surface area contributed by atoms with Gasteiger partial charge in [-0.05, 0) is 17.7 Å². The van der Waals surface area contributed by atoms with Crippen molar-refractivity contribution < 1.29 is 14.3 Å². The number of ether oxygens (including phenoxy) is 1. The molecule has 4 nitrogen and oxygen atoms in total. The number of carbonyl (C=O) groups is 2. The minimum Gasteiger partial charge on any atom is -0.424 e. The molecule has 0 aliphatic heterocycles. The highest BCUT2D eigenvalue weighted by molar-refractivity contribution is 8.76. The van der Waals surface area contributed by atoms with Gasteiger partial charge in [0.05, 0.1) is 4.90 Å². The molecule has 2 aromatic carbocycles. The van der Waals surface area contributed by atoms with Crippen molar-refractivity contribution in [3.8, 4) is 5.75 Å². The molecule has 0 unspecified atom stereocenters. The summed E-state index contributed by atoms with van der Waals surface area (Å²) >= 11 is 0. The van der Waals surface area contributed by atoms with Crippen molar-refractivity contribution in [3.63, 3.8) is 0 Å². The van der Waals surface area contributed by atoms with Gasteiger partial charge in [-0.3, -0.25) is 4.79 Å². The molecule has 0 spiro atoms. The number of benzene rings is 2. The molecule has 0 fully saturated rings. The summed E-state index contributed by atoms with van der Waals surface area (Å²) < 4.78 is 5.59. The highest BCUT2D eigenvalue weighted by Crippen LogP contribution is 2.37. The zero-order valence-corrected chi connectivity index (χ0v) is 15.9. The SMILES string of the molecule is CCSSc1ccccc1OC(=O)[C@H](Cc1ccccc1)NC(C)=O. The number of amides is 1. The predicted molar refractivity (Wildman–Crippen MR) is 104 cm³/mol. The van der Waals surface area contributed by atoms with Crippen LogP contribution in [0.4, 0.5) is 0 Å². The molecular weight excluding hydrogens is 354 g/mol. The third-order valence-electron chi connectivity index (χ3n) is 3.27. The van der Waals surface area contributed by atoms with Crippen LogP contribution in [-0.4, -0.2) is 23.7 Å². The number of rotatable bonds is 8. The Hall–Kier alpha value is -1.92. The van der Waals surface area contributed by atoms with Crippen LogP contribution in [0.5, 0.6) is 5.75 Å². The van der Waals surface area contributed by atoms with E-state index in [0.717, 1.165) is 16.2 Å². The molecule has 0 saturated carbocycles. The molecule has 0 heterocycles. The summed E-state index contributed by atoms with van der Waals surface area (Å²) in [5, 5.41) is 2.69. The van der Waals surface area contributed by atoms with Crippen LogP contribution in [0.2, 0.25) is 0 Å². The summed E-state index contributed by atoms with van der Waals surface area (Å²) in [4.78, 5) is 25.0. The quantitative estimate of drug-likeness (QED) is 0.428. The Balaban J connectivity index is 2.12. The average molecular weight is 376 g/mol. The molecular formula is C19H21NO3S2. The first-order valence-corrected chi connectivity index (χ1v) is 10.3. The highest BCUT2D eigenvalue weighted by atomic mass is 33.1. The van der Waals surface area contributed by atoms with Gasteiger partial charge in [0.25, 0.3) is 0 Å². The third kappa shape index (κ3) is 6.48. The van der Waals surface area contributed by atoms with E-state index in [-0.39, 0.29) is 5.91 Å². The lowest BCUT2D eigenvalue weighted by Crippen LogP contribution is -2.43. The van der Waals surface area contributed by atoms with Gasteiger partial charge in [-0.1, -0.05) is 71.0 Å². The van der Waals surface area contributed by atoms with Gasteiger partial charge in [0.1, 0.15) is 11.8 Å². The second kappa shape index (κ2) is 10.2. The fraction of sp³-hybridized carbons (Fsp3) is 0.263. The Morgan fingerprint density at radius 2 is 1.76 bits per heavy atom. The fourth-order valence-corrected chi connectivity index (χ4v) is 3.91. The molecule has 1 amide bonds. The number of carbonyl (C=O) groups excluding carboxylic acids is 2. The molecule has 132 valence electrons. The molecule has 0 aliphatic carbocycles. The van der Waals surface area contributed by atoms with Crippen LogP contribution in [0, 0.1) is 0 Å². The molecule has 0 aromatic heterocycles. The summed E-state index contributed by atoms with van der Waals surface area (Å²) in [6.45, 7) is 3.46. The molecule has 2 rings (SSSR count). The van der Waals surface area contributed by atoms with Crippen molar-refractivity contribution in [1.82, 2.24) is 5.32 Å². The summed E-state index contributed by atoms with van der Waals surface area (Å²) in [6.07, 6.45) is 0.387. The fourth-order valence-electron chi connectivity index (χ4n) is 2.19. The topological polar surface area (TPSA) is 55.4 Å². The molecule has 0 bridgehead atoms. The van der Waals surface area contributed by atoms with Crippen LogP contribution in [0.1, 0.15) is 19.4 Å². The normalized spacial score (nSPS) is 11.6. The van der Waals surface area contributed by atoms with Gasteiger partial charge in [-0.25, -0.2) is 4.79 Å². The first-order valence-electron chi connectivity index (χ1n) is 8.01. The zero-order chi connectivity index (χ0) is 18.1. The number of para-hydroxylation sites is 1. The van der Waals surface area contributed by atoms with E-state index in [1.165, 1.54) is 6.92 Å². The van der Waals surface area contributed by atoms with E-state index >= 15 is 0 Å². The maximum absolute atomic E-state index is 12.6. The Morgan fingerprint density at radius 1 is 1.08 bits per heavy atom. The number of nitrogens with one attached hydrogen (secondary N) is 1. The molecule has 25 heavy (non-hydrogen) atoms. The van der Waals surface area contributed by atoms with Gasteiger partial charge < -0.3 is 10.1 Å². The summed E-state index contributed by atoms with van der Waals surface area (Å²) in [5.41, 5.74) is 0.961. The lowest BCUT2D eigenvalue weighted by molar-refractivity contribution is -0.139. The largest absolute Gasteiger partial charge is 0.424 e. The van der Waals surface area contributed by atoms with Gasteiger partial charge in [-0.2, -0.15) is 0 Å². The number of hydrogen-bond donors (Lipinski definition) is 1. The number of hydrogen-bond acceptors (Lipinski definition) is 5. The van der Waals surface area contributed by atoms with Gasteiger partial charge >= 0.3 is 5.97 Å². The summed E-state index contributed by atoms with van der Waals surface area (Å²) in [7, 11) is 3.25. The molecule has 6 heteroatoms. The zero-order valence-electron chi connectivity index (χ0n) is 14.2. The number of esters is 1. The highest BCUT2D eigenvalue weighted by Gasteiger charge is 2.23. The van der Waals surface area contributed by atoms with E-state index in [4.69, 9.17) is 4.74 Å². The van der Waals surface area contributed by atoms with Gasteiger partial charge in [0, 0.05) is 19.1 Å². The first-order chi connectivity index (χ1) is 12.1. The first kappa shape index (κ1) is 19.4. The van der Waals surface area contributed by atoms with E-state index in [1.807, 2.05) is 48.5 Å². The van der Waals surface area contributed by atoms with Crippen molar-refractivity contribution in [2.75, 3.05) is 5.75 Å². The lowest BCUT2D eigenvalue weighted by atomic mass is 10.1. The smallest absolute Gasteiger partial charge is 0.334 e. The van der Waals surface area contributed by atoms with Gasteiger partial charge in [0.15, 0.2) is 0 Å². The summed E-state index contributed by atoms with van der Waals surface area (Å²) in [5.74, 6) is 0.743. The Morgan fingerprint density at radius 3 is 2.44 bits per heavy atom. The van der Waals surface area contributed by atoms with Crippen LogP contribution >= 0.6 is 21.6 Å². The lowest BCUT2D eigenvalue weighted by Gasteiger charge is -2.17. The molecule has 0 radical (unpaired) electrons. The summed E-state index contributed by atoms with van der Waals surface area (Å²) in [6, 6.07) is 16.3. The van der Waals surface area contributed by atoms with Gasteiger partial charge in [-0.15, -0.1) is 0 Å². The Kier molecular flexibility index (Phi) is 7.88. The maximum atomic E-state index is 12.6. The van der Waals surface area contributed by atoms with Crippen molar-refractivity contribution in [2.24, 2.45) is 0 Å². The van der Waals surface area contributed by atoms with E-state index < -0.39 is 12.0 Å². The monoisotopic (exact) mass is 375 g/mol. The minimum absolute atomic E-state index is 0.262. The minimum atomic E-state index is -0.725. The van der Waals surface area contributed by atoms with E-state index in [9.17, 15) is 9.59 Å². The van der Waals surface area contributed by atoms with Crippen LogP contribution in [0.15, 0.2) is 59.5 Å². The van der Waals surface area contributed by atoms with Crippen LogP contribution < -0.4 is 10.1 Å². The Bertz CT molecular complexity index is 707. The second-order valence-corrected chi connectivity index (χ2v) is 7.93. The molecule has 2 aromatic rings. The average Bonchev–Trinajstić information content (AvgIpc) is 2.61. The van der Waals surface area contributed by atoms with Crippen molar-refractivity contribution in [1.29, 1.82) is 0 Å². The van der Waals surface area contributed by atoms with E-state index in [2.05, 4.69) is 12.2 Å². The second-order valence-electron chi connectivity index (χ2n) is 5.30. The van der Waals surface area contributed by atoms with Crippen molar-refractivity contribution in [3.05, 3.63) is 60.2 Å². The molecule has 0 saturated heterocycles. The van der Waals surface area contributed by atoms with Crippen LogP contribution in [0.25, 0.3) is 0 Å². The van der Waals surface area contributed by atoms with E-state index in [1.54, 1.807) is 27.7 Å². The standard InChI is InChI=1S/C19H21NO3S2/c1-3-24-25-18-12-8-7-11-17(18)23-19(22)16(20-14(2)21)13-15-9-5-4-6-10-15/h4-12,16H,3,13H2,1-2H3,(H,20,21)/t16-/m0/s1. The van der Waals surface area contributed by atoms with Crippen LogP contribution in [-0.2, 0) is 16.0 Å². The van der Waals surface area contributed by atoms with Gasteiger partial charge in [0.2, 0.25) is 5.91 Å². The molecule has 1 N–H and O–H groups in total. The molecule has 0 aliphatic rings. The van der Waals surface area contributed by atoms with Crippen molar-refractivity contribution in [2.45, 2.75) is 31.2 Å². The van der Waals surface area contributed by atoms with Crippen LogP contribution in [0.3, 0.4) is 0 Å². The van der Waals surface area contributed by atoms with Crippen molar-refractivity contribution >= 4 is 33.5 Å². The third-order valence-corrected chi connectivity index (χ3v) is 5.74. The molecule has 1 atom stereocenters. The Labute approximate surface area is 156 Å². The van der Waals surface area contributed by atoms with E-state index in [0.29, 0.717) is 12.2 Å². The maximum Gasteiger partial charge on any atom is 0.334 e. The predicted octanol–water partition coefficient (Wildman–Crippen LogP) is 4.10.